The van der Waals surface area contributed by atoms with Crippen molar-refractivity contribution in [3.8, 4) is 0 Å². The van der Waals surface area contributed by atoms with Crippen molar-refractivity contribution >= 4 is 17.3 Å². The average molecular weight is 134 g/mol. The van der Waals surface area contributed by atoms with E-state index >= 15 is 0 Å². The Hall–Kier alpha value is -0.0400. The number of unbranched alkanes of at least 4 members (excludes halogenated alkanes) is 1. The fourth-order valence-corrected chi connectivity index (χ4v) is 0.591. The van der Waals surface area contributed by atoms with Crippen molar-refractivity contribution < 1.29 is 0 Å². The zero-order chi connectivity index (χ0) is 6.41. The zero-order valence-corrected chi connectivity index (χ0v) is 5.96. The summed E-state index contributed by atoms with van der Waals surface area (Å²) in [6, 6.07) is 0. The molecule has 0 bridgehead atoms. The number of halogens is 1. The summed E-state index contributed by atoms with van der Waals surface area (Å²) in [5.41, 5.74) is 0.661. The molecule has 0 aromatic heterocycles. The number of hydrogen-bond acceptors (Lipinski definition) is 1. The Kier molecular flexibility index (Phi) is 5.08. The summed E-state index contributed by atoms with van der Waals surface area (Å²) in [4.78, 5) is 0. The first kappa shape index (κ1) is 7.96. The highest BCUT2D eigenvalue weighted by atomic mass is 35.5. The highest BCUT2D eigenvalue weighted by Gasteiger charge is 1.90. The molecule has 0 radical (unpaired) electrons. The average Bonchev–Trinajstić information content (AvgIpc) is 1.83. The van der Waals surface area contributed by atoms with Crippen molar-refractivity contribution in [3.63, 3.8) is 0 Å². The summed E-state index contributed by atoms with van der Waals surface area (Å²) < 4.78 is 0. The molecule has 1 N–H and O–H groups in total. The third kappa shape index (κ3) is 4.13. The molecule has 0 aliphatic carbocycles. The second-order valence-electron chi connectivity index (χ2n) is 1.84. The number of rotatable bonds is 4. The first-order valence-electron chi connectivity index (χ1n) is 2.93. The molecule has 0 rings (SSSR count). The monoisotopic (exact) mass is 133 g/mol. The van der Waals surface area contributed by atoms with Crippen LogP contribution >= 0.6 is 11.6 Å². The van der Waals surface area contributed by atoms with Gasteiger partial charge in [-0.25, -0.2) is 0 Å². The molecule has 0 amide bonds. The maximum Gasteiger partial charge on any atom is 0.0600 e. The molecule has 2 heteroatoms. The van der Waals surface area contributed by atoms with Crippen LogP contribution in [-0.2, 0) is 0 Å². The molecule has 0 aliphatic rings. The van der Waals surface area contributed by atoms with E-state index in [2.05, 4.69) is 6.92 Å². The summed E-state index contributed by atoms with van der Waals surface area (Å²) in [7, 11) is 0. The molecule has 48 valence electrons. The van der Waals surface area contributed by atoms with Gasteiger partial charge in [0.25, 0.3) is 0 Å². The molecule has 0 aliphatic heterocycles. The Morgan fingerprint density at radius 2 is 2.25 bits per heavy atom. The highest BCUT2D eigenvalue weighted by Crippen LogP contribution is 1.95. The van der Waals surface area contributed by atoms with Crippen molar-refractivity contribution in [3.05, 3.63) is 0 Å². The first-order chi connectivity index (χ1) is 3.81. The predicted octanol–water partition coefficient (Wildman–Crippen LogP) is 2.44. The standard InChI is InChI=1S/C6H12ClN/c1-2-3-4-6(8)5-7/h8H,2-5H2,1H3. The highest BCUT2D eigenvalue weighted by molar-refractivity contribution is 6.28. The molecule has 0 atom stereocenters. The van der Waals surface area contributed by atoms with Crippen LogP contribution in [0.4, 0.5) is 0 Å². The quantitative estimate of drug-likeness (QED) is 0.450. The van der Waals surface area contributed by atoms with E-state index in [4.69, 9.17) is 17.0 Å². The summed E-state index contributed by atoms with van der Waals surface area (Å²) in [5, 5.41) is 7.11. The topological polar surface area (TPSA) is 23.9 Å². The van der Waals surface area contributed by atoms with Crippen molar-refractivity contribution in [2.45, 2.75) is 26.2 Å². The van der Waals surface area contributed by atoms with Gasteiger partial charge in [-0.1, -0.05) is 13.3 Å². The number of hydrogen-bond donors (Lipinski definition) is 1. The van der Waals surface area contributed by atoms with Crippen LogP contribution in [0.25, 0.3) is 0 Å². The lowest BCUT2D eigenvalue weighted by Crippen LogP contribution is -1.95. The molecule has 1 nitrogen and oxygen atoms in total. The normalized spacial score (nSPS) is 9.25. The summed E-state index contributed by atoms with van der Waals surface area (Å²) in [5.74, 6) is 0.403. The van der Waals surface area contributed by atoms with E-state index in [-0.39, 0.29) is 0 Å². The maximum atomic E-state index is 7.11. The van der Waals surface area contributed by atoms with E-state index in [9.17, 15) is 0 Å². The van der Waals surface area contributed by atoms with Gasteiger partial charge < -0.3 is 5.41 Å². The summed E-state index contributed by atoms with van der Waals surface area (Å²) in [6.07, 6.45) is 3.13. The molecule has 0 spiro atoms. The Morgan fingerprint density at radius 3 is 2.62 bits per heavy atom. The lowest BCUT2D eigenvalue weighted by molar-refractivity contribution is 0.831. The van der Waals surface area contributed by atoms with E-state index in [0.717, 1.165) is 19.3 Å². The molecule has 0 aromatic carbocycles. The Balaban J connectivity index is 2.99. The second-order valence-corrected chi connectivity index (χ2v) is 2.11. The van der Waals surface area contributed by atoms with Crippen LogP contribution in [0.5, 0.6) is 0 Å². The van der Waals surface area contributed by atoms with Crippen LogP contribution in [-0.4, -0.2) is 11.6 Å². The van der Waals surface area contributed by atoms with Gasteiger partial charge in [0, 0.05) is 5.71 Å². The van der Waals surface area contributed by atoms with E-state index in [0.29, 0.717) is 11.6 Å². The molecular weight excluding hydrogens is 122 g/mol. The van der Waals surface area contributed by atoms with E-state index in [1.54, 1.807) is 0 Å². The SMILES string of the molecule is CCCCC(=N)CCl. The van der Waals surface area contributed by atoms with Crippen LogP contribution in [0.1, 0.15) is 26.2 Å². The maximum absolute atomic E-state index is 7.11. The molecule has 0 saturated carbocycles. The van der Waals surface area contributed by atoms with Crippen molar-refractivity contribution in [1.82, 2.24) is 0 Å². The van der Waals surface area contributed by atoms with Gasteiger partial charge >= 0.3 is 0 Å². The molecule has 8 heavy (non-hydrogen) atoms. The lowest BCUT2D eigenvalue weighted by atomic mass is 10.2. The van der Waals surface area contributed by atoms with Gasteiger partial charge in [0.2, 0.25) is 0 Å². The van der Waals surface area contributed by atoms with Gasteiger partial charge in [0.05, 0.1) is 5.88 Å². The third-order valence-corrected chi connectivity index (χ3v) is 1.32. The second kappa shape index (κ2) is 5.10. The van der Waals surface area contributed by atoms with E-state index in [1.807, 2.05) is 0 Å². The molecule has 0 unspecified atom stereocenters. The fourth-order valence-electron chi connectivity index (χ4n) is 0.457. The summed E-state index contributed by atoms with van der Waals surface area (Å²) >= 11 is 5.36. The minimum atomic E-state index is 0.403. The number of nitrogens with one attached hydrogen (secondary N) is 1. The van der Waals surface area contributed by atoms with E-state index in [1.165, 1.54) is 0 Å². The largest absolute Gasteiger partial charge is 0.308 e. The van der Waals surface area contributed by atoms with Crippen LogP contribution in [0.3, 0.4) is 0 Å². The molecule has 0 saturated heterocycles. The minimum absolute atomic E-state index is 0.403. The number of alkyl halides is 1. The van der Waals surface area contributed by atoms with Crippen molar-refractivity contribution in [1.29, 1.82) is 5.41 Å². The summed E-state index contributed by atoms with van der Waals surface area (Å²) in [6.45, 7) is 2.11. The van der Waals surface area contributed by atoms with Crippen molar-refractivity contribution in [2.24, 2.45) is 0 Å². The molecular formula is C6H12ClN. The van der Waals surface area contributed by atoms with Crippen LogP contribution in [0, 0.1) is 5.41 Å². The van der Waals surface area contributed by atoms with Gasteiger partial charge in [0.15, 0.2) is 0 Å². The van der Waals surface area contributed by atoms with Crippen LogP contribution in [0.2, 0.25) is 0 Å². The lowest BCUT2D eigenvalue weighted by Gasteiger charge is -1.93. The smallest absolute Gasteiger partial charge is 0.0600 e. The van der Waals surface area contributed by atoms with Crippen LogP contribution in [0.15, 0.2) is 0 Å². The first-order valence-corrected chi connectivity index (χ1v) is 3.47. The molecule has 0 heterocycles. The van der Waals surface area contributed by atoms with Gasteiger partial charge in [-0.3, -0.25) is 0 Å². The molecule has 0 aromatic rings. The fraction of sp³-hybridized carbons (Fsp3) is 0.833. The van der Waals surface area contributed by atoms with Crippen LogP contribution < -0.4 is 0 Å². The van der Waals surface area contributed by atoms with Gasteiger partial charge in [-0.05, 0) is 12.8 Å². The Labute approximate surface area is 55.6 Å². The zero-order valence-electron chi connectivity index (χ0n) is 5.21. The predicted molar refractivity (Wildman–Crippen MR) is 38.0 cm³/mol. The van der Waals surface area contributed by atoms with Gasteiger partial charge in [-0.15, -0.1) is 11.6 Å². The van der Waals surface area contributed by atoms with Crippen molar-refractivity contribution in [2.75, 3.05) is 5.88 Å². The van der Waals surface area contributed by atoms with Gasteiger partial charge in [-0.2, -0.15) is 0 Å². The Bertz CT molecular complexity index is 70.9. The van der Waals surface area contributed by atoms with E-state index < -0.39 is 0 Å². The Morgan fingerprint density at radius 1 is 1.62 bits per heavy atom. The third-order valence-electron chi connectivity index (χ3n) is 0.993. The minimum Gasteiger partial charge on any atom is -0.308 e. The van der Waals surface area contributed by atoms with Gasteiger partial charge in [0.1, 0.15) is 0 Å². The molecule has 0 fully saturated rings.